The van der Waals surface area contributed by atoms with Crippen LogP contribution in [0.3, 0.4) is 0 Å². The van der Waals surface area contributed by atoms with E-state index in [0.717, 1.165) is 20.8 Å². The SMILES string of the molecule is CC(=O)O[C@@](C(C)=O)(C(=O)C(C)=O)[C@](O)(Br)C(O)C(O)CO. The molecule has 9 nitrogen and oxygen atoms in total. The zero-order valence-electron chi connectivity index (χ0n) is 12.1. The molecule has 0 aromatic rings. The van der Waals surface area contributed by atoms with Crippen molar-refractivity contribution in [3.05, 3.63) is 0 Å². The maximum atomic E-state index is 12.1. The minimum Gasteiger partial charge on any atom is -0.438 e. The molecular formula is C12H17BrO9. The largest absolute Gasteiger partial charge is 0.438 e. The number of aliphatic hydroxyl groups excluding tert-OH is 3. The second kappa shape index (κ2) is 7.38. The number of esters is 1. The van der Waals surface area contributed by atoms with Crippen LogP contribution in [0.4, 0.5) is 0 Å². The molecule has 0 aliphatic carbocycles. The minimum atomic E-state index is -3.12. The minimum absolute atomic E-state index is 0.744. The maximum absolute atomic E-state index is 12.1. The van der Waals surface area contributed by atoms with Gasteiger partial charge in [-0.15, -0.1) is 0 Å². The molecule has 126 valence electrons. The molecule has 2 unspecified atom stereocenters. The summed E-state index contributed by atoms with van der Waals surface area (Å²) < 4.78 is 1.54. The van der Waals surface area contributed by atoms with E-state index in [1.165, 1.54) is 0 Å². The van der Waals surface area contributed by atoms with Gasteiger partial charge in [-0.25, -0.2) is 0 Å². The lowest BCUT2D eigenvalue weighted by Crippen LogP contribution is -2.70. The Bertz CT molecular complexity index is 487. The third kappa shape index (κ3) is 3.58. The van der Waals surface area contributed by atoms with Crippen molar-refractivity contribution in [3.8, 4) is 0 Å². The van der Waals surface area contributed by atoms with Crippen LogP contribution in [0.1, 0.15) is 20.8 Å². The first-order valence-corrected chi connectivity index (χ1v) is 6.79. The number of hydrogen-bond donors (Lipinski definition) is 4. The van der Waals surface area contributed by atoms with Crippen LogP contribution in [-0.2, 0) is 23.9 Å². The fourth-order valence-electron chi connectivity index (χ4n) is 1.78. The first kappa shape index (κ1) is 20.8. The standard InChI is InChI=1S/C12H17BrO9/c1-5(15)9(19)11(6(2)16,22-7(3)17)12(13,21)10(20)8(18)4-14/h8,10,14,18,20-21H,4H2,1-3H3/t8?,10?,11-,12-/m0/s1. The van der Waals surface area contributed by atoms with E-state index in [1.807, 2.05) is 0 Å². The number of ketones is 3. The van der Waals surface area contributed by atoms with Crippen molar-refractivity contribution in [2.75, 3.05) is 6.61 Å². The fourth-order valence-corrected chi connectivity index (χ4v) is 2.63. The summed E-state index contributed by atoms with van der Waals surface area (Å²) in [6, 6.07) is 0. The summed E-state index contributed by atoms with van der Waals surface area (Å²) in [5, 5.41) is 38.5. The number of Topliss-reactive ketones (excluding diaryl/α,β-unsaturated/α-hetero) is 3. The molecule has 0 aliphatic rings. The van der Waals surface area contributed by atoms with Gasteiger partial charge in [-0.05, 0) is 22.9 Å². The van der Waals surface area contributed by atoms with E-state index in [9.17, 15) is 34.5 Å². The lowest BCUT2D eigenvalue weighted by atomic mass is 9.81. The molecule has 4 N–H and O–H groups in total. The molecule has 0 fully saturated rings. The van der Waals surface area contributed by atoms with Crippen molar-refractivity contribution in [2.45, 2.75) is 43.1 Å². The summed E-state index contributed by atoms with van der Waals surface area (Å²) in [5.74, 6) is -5.32. The van der Waals surface area contributed by atoms with Crippen molar-refractivity contribution in [2.24, 2.45) is 0 Å². The molecule has 0 aromatic heterocycles. The van der Waals surface area contributed by atoms with Gasteiger partial charge in [0.05, 0.1) is 6.61 Å². The normalized spacial score (nSPS) is 19.3. The zero-order chi connectivity index (χ0) is 17.9. The first-order valence-electron chi connectivity index (χ1n) is 6.00. The van der Waals surface area contributed by atoms with Crippen molar-refractivity contribution in [1.29, 1.82) is 0 Å². The molecule has 0 radical (unpaired) electrons. The summed E-state index contributed by atoms with van der Waals surface area (Å²) in [6.45, 7) is 1.27. The molecule has 0 bridgehead atoms. The predicted octanol–water partition coefficient (Wildman–Crippen LogP) is -2.17. The van der Waals surface area contributed by atoms with Gasteiger partial charge in [-0.3, -0.25) is 19.2 Å². The Kier molecular flexibility index (Phi) is 6.97. The van der Waals surface area contributed by atoms with Gasteiger partial charge in [0.25, 0.3) is 11.4 Å². The highest BCUT2D eigenvalue weighted by Gasteiger charge is 2.66. The van der Waals surface area contributed by atoms with Crippen molar-refractivity contribution < 1.29 is 44.3 Å². The van der Waals surface area contributed by atoms with E-state index < -0.39 is 52.2 Å². The molecule has 4 atom stereocenters. The second-order valence-electron chi connectivity index (χ2n) is 4.58. The van der Waals surface area contributed by atoms with Crippen molar-refractivity contribution >= 4 is 39.2 Å². The smallest absolute Gasteiger partial charge is 0.304 e. The second-order valence-corrected chi connectivity index (χ2v) is 5.79. The van der Waals surface area contributed by atoms with E-state index >= 15 is 0 Å². The number of halogens is 1. The zero-order valence-corrected chi connectivity index (χ0v) is 13.7. The molecule has 22 heavy (non-hydrogen) atoms. The van der Waals surface area contributed by atoms with Gasteiger partial charge in [0.2, 0.25) is 4.51 Å². The molecule has 0 rings (SSSR count). The van der Waals surface area contributed by atoms with Crippen LogP contribution < -0.4 is 0 Å². The lowest BCUT2D eigenvalue weighted by Gasteiger charge is -2.42. The molecule has 0 aromatic carbocycles. The molecule has 0 saturated carbocycles. The average molecular weight is 385 g/mol. The van der Waals surface area contributed by atoms with Gasteiger partial charge >= 0.3 is 5.97 Å². The van der Waals surface area contributed by atoms with E-state index in [1.54, 1.807) is 0 Å². The van der Waals surface area contributed by atoms with Crippen LogP contribution in [-0.4, -0.2) is 72.7 Å². The Labute approximate surface area is 134 Å². The lowest BCUT2D eigenvalue weighted by molar-refractivity contribution is -0.203. The quantitative estimate of drug-likeness (QED) is 0.158. The van der Waals surface area contributed by atoms with Gasteiger partial charge < -0.3 is 25.2 Å². The number of rotatable bonds is 8. The third-order valence-electron chi connectivity index (χ3n) is 2.87. The maximum Gasteiger partial charge on any atom is 0.304 e. The molecule has 0 saturated heterocycles. The highest BCUT2D eigenvalue weighted by Crippen LogP contribution is 2.39. The van der Waals surface area contributed by atoms with Crippen LogP contribution in [0.15, 0.2) is 0 Å². The summed E-state index contributed by atoms with van der Waals surface area (Å²) in [5.41, 5.74) is -3.12. The summed E-state index contributed by atoms with van der Waals surface area (Å²) in [4.78, 5) is 46.6. The third-order valence-corrected chi connectivity index (χ3v) is 3.90. The van der Waals surface area contributed by atoms with E-state index in [-0.39, 0.29) is 0 Å². The number of aliphatic hydroxyl groups is 4. The van der Waals surface area contributed by atoms with Crippen molar-refractivity contribution in [3.63, 3.8) is 0 Å². The molecule has 0 amide bonds. The topological polar surface area (TPSA) is 158 Å². The fraction of sp³-hybridized carbons (Fsp3) is 0.667. The number of carbonyl (C=O) groups excluding carboxylic acids is 4. The monoisotopic (exact) mass is 384 g/mol. The van der Waals surface area contributed by atoms with Crippen LogP contribution in [0.5, 0.6) is 0 Å². The number of ether oxygens (including phenoxy) is 1. The Morgan fingerprint density at radius 2 is 1.59 bits per heavy atom. The Balaban J connectivity index is 6.36. The van der Waals surface area contributed by atoms with Crippen LogP contribution in [0.2, 0.25) is 0 Å². The highest BCUT2D eigenvalue weighted by atomic mass is 79.9. The predicted molar refractivity (Wildman–Crippen MR) is 73.8 cm³/mol. The Morgan fingerprint density at radius 1 is 1.14 bits per heavy atom. The van der Waals surface area contributed by atoms with E-state index in [0.29, 0.717) is 0 Å². The van der Waals surface area contributed by atoms with E-state index in [4.69, 9.17) is 5.11 Å². The molecular weight excluding hydrogens is 368 g/mol. The Hall–Kier alpha value is -1.20. The first-order chi connectivity index (χ1) is 9.86. The number of alkyl halides is 1. The number of carbonyl (C=O) groups is 4. The van der Waals surface area contributed by atoms with Gasteiger partial charge in [-0.2, -0.15) is 0 Å². The van der Waals surface area contributed by atoms with Crippen LogP contribution in [0.25, 0.3) is 0 Å². The summed E-state index contributed by atoms with van der Waals surface area (Å²) in [7, 11) is 0. The van der Waals surface area contributed by atoms with E-state index in [2.05, 4.69) is 20.7 Å². The van der Waals surface area contributed by atoms with Gasteiger partial charge in [-0.1, -0.05) is 0 Å². The average Bonchev–Trinajstić information content (AvgIpc) is 2.40. The summed E-state index contributed by atoms with van der Waals surface area (Å²) in [6.07, 6.45) is -4.34. The number of hydrogen-bond acceptors (Lipinski definition) is 9. The van der Waals surface area contributed by atoms with Gasteiger partial charge in [0, 0.05) is 13.8 Å². The molecule has 0 spiro atoms. The van der Waals surface area contributed by atoms with Gasteiger partial charge in [0.1, 0.15) is 12.2 Å². The highest BCUT2D eigenvalue weighted by molar-refractivity contribution is 9.10. The molecule has 10 heteroatoms. The Morgan fingerprint density at radius 3 is 1.86 bits per heavy atom. The van der Waals surface area contributed by atoms with Crippen LogP contribution in [0, 0.1) is 0 Å². The van der Waals surface area contributed by atoms with Crippen molar-refractivity contribution in [1.82, 2.24) is 0 Å². The van der Waals surface area contributed by atoms with Crippen LogP contribution >= 0.6 is 15.9 Å². The molecule has 0 heterocycles. The molecule has 0 aliphatic heterocycles. The van der Waals surface area contributed by atoms with Gasteiger partial charge in [0.15, 0.2) is 11.6 Å². The summed E-state index contributed by atoms with van der Waals surface area (Å²) >= 11 is 2.47.